The van der Waals surface area contributed by atoms with Gasteiger partial charge in [-0.15, -0.1) is 0 Å². The van der Waals surface area contributed by atoms with Gasteiger partial charge in [0.2, 0.25) is 0 Å². The van der Waals surface area contributed by atoms with E-state index < -0.39 is 0 Å². The lowest BCUT2D eigenvalue weighted by Crippen LogP contribution is -2.36. The lowest BCUT2D eigenvalue weighted by atomic mass is 9.86. The Morgan fingerprint density at radius 3 is 2.48 bits per heavy atom. The molecule has 0 radical (unpaired) electrons. The second kappa shape index (κ2) is 10.2. The number of amides is 2. The van der Waals surface area contributed by atoms with Gasteiger partial charge in [-0.3, -0.25) is 9.59 Å². The number of hydrogen-bond acceptors (Lipinski definition) is 3. The van der Waals surface area contributed by atoms with Crippen molar-refractivity contribution in [1.82, 2.24) is 5.32 Å². The molecule has 166 valence electrons. The molecule has 5 nitrogen and oxygen atoms in total. The molecule has 0 unspecified atom stereocenters. The van der Waals surface area contributed by atoms with Crippen LogP contribution < -0.4 is 15.4 Å². The van der Waals surface area contributed by atoms with Gasteiger partial charge in [0.15, 0.2) is 6.61 Å². The first-order valence-electron chi connectivity index (χ1n) is 10.9. The van der Waals surface area contributed by atoms with E-state index in [1.54, 1.807) is 18.2 Å². The van der Waals surface area contributed by atoms with Crippen LogP contribution in [0.1, 0.15) is 68.8 Å². The molecule has 6 heteroatoms. The van der Waals surface area contributed by atoms with Crippen LogP contribution in [0.25, 0.3) is 0 Å². The number of hydrogen-bond donors (Lipinski definition) is 2. The van der Waals surface area contributed by atoms with Gasteiger partial charge in [-0.1, -0.05) is 69.8 Å². The number of para-hydroxylation sites is 1. The van der Waals surface area contributed by atoms with E-state index in [-0.39, 0.29) is 29.9 Å². The van der Waals surface area contributed by atoms with Gasteiger partial charge in [-0.05, 0) is 48.1 Å². The number of anilines is 1. The van der Waals surface area contributed by atoms with Crippen molar-refractivity contribution in [2.75, 3.05) is 11.9 Å². The summed E-state index contributed by atoms with van der Waals surface area (Å²) in [6.45, 7) is 6.17. The van der Waals surface area contributed by atoms with Crippen molar-refractivity contribution in [3.8, 4) is 5.75 Å². The van der Waals surface area contributed by atoms with Crippen molar-refractivity contribution in [2.45, 2.75) is 64.3 Å². The van der Waals surface area contributed by atoms with Gasteiger partial charge in [0, 0.05) is 11.7 Å². The fourth-order valence-corrected chi connectivity index (χ4v) is 4.04. The van der Waals surface area contributed by atoms with Crippen LogP contribution in [-0.4, -0.2) is 24.5 Å². The zero-order valence-corrected chi connectivity index (χ0v) is 19.2. The number of nitrogens with one attached hydrogen (secondary N) is 2. The molecule has 0 heterocycles. The Morgan fingerprint density at radius 2 is 1.77 bits per heavy atom. The minimum Gasteiger partial charge on any atom is -0.483 e. The third-order valence-corrected chi connectivity index (χ3v) is 5.82. The normalized spacial score (nSPS) is 14.7. The molecule has 31 heavy (non-hydrogen) atoms. The number of halogens is 1. The van der Waals surface area contributed by atoms with Gasteiger partial charge >= 0.3 is 0 Å². The summed E-state index contributed by atoms with van der Waals surface area (Å²) in [6, 6.07) is 12.8. The predicted octanol–water partition coefficient (Wildman–Crippen LogP) is 5.72. The van der Waals surface area contributed by atoms with Gasteiger partial charge in [-0.2, -0.15) is 0 Å². The first-order valence-corrected chi connectivity index (χ1v) is 11.2. The maximum Gasteiger partial charge on any atom is 0.262 e. The summed E-state index contributed by atoms with van der Waals surface area (Å²) >= 11 is 6.25. The monoisotopic (exact) mass is 442 g/mol. The van der Waals surface area contributed by atoms with Crippen molar-refractivity contribution in [3.05, 3.63) is 58.6 Å². The van der Waals surface area contributed by atoms with Crippen molar-refractivity contribution >= 4 is 29.1 Å². The summed E-state index contributed by atoms with van der Waals surface area (Å²) in [5.74, 6) is 0.182. The van der Waals surface area contributed by atoms with E-state index in [9.17, 15) is 9.59 Å². The fourth-order valence-electron chi connectivity index (χ4n) is 3.84. The molecule has 0 aliphatic heterocycles. The van der Waals surface area contributed by atoms with Crippen molar-refractivity contribution in [2.24, 2.45) is 0 Å². The molecule has 0 aromatic heterocycles. The zero-order valence-electron chi connectivity index (χ0n) is 18.5. The number of carbonyl (C=O) groups is 2. The first kappa shape index (κ1) is 23.1. The quantitative estimate of drug-likeness (QED) is 0.601. The molecule has 2 amide bonds. The lowest BCUT2D eigenvalue weighted by molar-refractivity contribution is -0.118. The third-order valence-electron chi connectivity index (χ3n) is 5.49. The van der Waals surface area contributed by atoms with E-state index in [1.165, 1.54) is 6.42 Å². The minimum atomic E-state index is -0.301. The smallest absolute Gasteiger partial charge is 0.262 e. The molecular formula is C25H31ClN2O3. The summed E-state index contributed by atoms with van der Waals surface area (Å²) < 4.78 is 5.78. The number of ether oxygens (including phenoxy) is 1. The van der Waals surface area contributed by atoms with E-state index in [0.717, 1.165) is 31.2 Å². The largest absolute Gasteiger partial charge is 0.483 e. The molecule has 1 fully saturated rings. The van der Waals surface area contributed by atoms with Gasteiger partial charge in [-0.25, -0.2) is 0 Å². The SMILES string of the molecule is CC(C)(C)c1ccccc1OCC(=O)Nc1ccc(Cl)c(C(=O)NC2CCCCC2)c1. The predicted molar refractivity (Wildman–Crippen MR) is 125 cm³/mol. The molecule has 0 saturated heterocycles. The Hall–Kier alpha value is -2.53. The van der Waals surface area contributed by atoms with E-state index in [4.69, 9.17) is 16.3 Å². The van der Waals surface area contributed by atoms with Gasteiger partial charge in [0.05, 0.1) is 10.6 Å². The topological polar surface area (TPSA) is 67.4 Å². The van der Waals surface area contributed by atoms with Crippen LogP contribution in [0, 0.1) is 0 Å². The highest BCUT2D eigenvalue weighted by molar-refractivity contribution is 6.34. The van der Waals surface area contributed by atoms with Crippen molar-refractivity contribution in [3.63, 3.8) is 0 Å². The Bertz CT molecular complexity index is 931. The van der Waals surface area contributed by atoms with Crippen LogP contribution in [0.5, 0.6) is 5.75 Å². The van der Waals surface area contributed by atoms with Crippen LogP contribution in [0.2, 0.25) is 5.02 Å². The summed E-state index contributed by atoms with van der Waals surface area (Å²) in [4.78, 5) is 25.1. The average molecular weight is 443 g/mol. The summed E-state index contributed by atoms with van der Waals surface area (Å²) in [5, 5.41) is 6.22. The highest BCUT2D eigenvalue weighted by Gasteiger charge is 2.20. The van der Waals surface area contributed by atoms with Gasteiger partial charge in [0.25, 0.3) is 11.8 Å². The molecule has 2 N–H and O–H groups in total. The second-order valence-electron chi connectivity index (χ2n) is 9.09. The van der Waals surface area contributed by atoms with Gasteiger partial charge in [0.1, 0.15) is 5.75 Å². The average Bonchev–Trinajstić information content (AvgIpc) is 2.74. The Kier molecular flexibility index (Phi) is 7.60. The number of carbonyl (C=O) groups excluding carboxylic acids is 2. The Morgan fingerprint density at radius 1 is 1.06 bits per heavy atom. The van der Waals surface area contributed by atoms with E-state index in [2.05, 4.69) is 31.4 Å². The maximum atomic E-state index is 12.7. The van der Waals surface area contributed by atoms with E-state index in [1.807, 2.05) is 24.3 Å². The fraction of sp³-hybridized carbons (Fsp3) is 0.440. The zero-order chi connectivity index (χ0) is 22.4. The lowest BCUT2D eigenvalue weighted by Gasteiger charge is -2.23. The maximum absolute atomic E-state index is 12.7. The molecule has 2 aromatic carbocycles. The highest BCUT2D eigenvalue weighted by Crippen LogP contribution is 2.31. The molecule has 0 spiro atoms. The standard InChI is InChI=1S/C25H31ClN2O3/c1-25(2,3)20-11-7-8-12-22(20)31-16-23(29)27-18-13-14-21(26)19(15-18)24(30)28-17-9-5-4-6-10-17/h7-8,11-15,17H,4-6,9-10,16H2,1-3H3,(H,27,29)(H,28,30). The summed E-state index contributed by atoms with van der Waals surface area (Å²) in [5.41, 5.74) is 1.82. The first-order chi connectivity index (χ1) is 14.7. The Labute approximate surface area is 189 Å². The van der Waals surface area contributed by atoms with Crippen LogP contribution in [0.15, 0.2) is 42.5 Å². The van der Waals surface area contributed by atoms with E-state index >= 15 is 0 Å². The van der Waals surface area contributed by atoms with Crippen molar-refractivity contribution in [1.29, 1.82) is 0 Å². The van der Waals surface area contributed by atoms with E-state index in [0.29, 0.717) is 22.0 Å². The minimum absolute atomic E-state index is 0.0934. The van der Waals surface area contributed by atoms with Gasteiger partial charge < -0.3 is 15.4 Å². The molecule has 1 aliphatic carbocycles. The summed E-state index contributed by atoms with van der Waals surface area (Å²) in [7, 11) is 0. The molecular weight excluding hydrogens is 412 g/mol. The van der Waals surface area contributed by atoms with Crippen LogP contribution >= 0.6 is 11.6 Å². The molecule has 2 aromatic rings. The third kappa shape index (κ3) is 6.47. The molecule has 0 bridgehead atoms. The van der Waals surface area contributed by atoms with Crippen LogP contribution in [-0.2, 0) is 10.2 Å². The highest BCUT2D eigenvalue weighted by atomic mass is 35.5. The van der Waals surface area contributed by atoms with Crippen LogP contribution in [0.4, 0.5) is 5.69 Å². The number of rotatable bonds is 6. The summed E-state index contributed by atoms with van der Waals surface area (Å²) in [6.07, 6.45) is 5.47. The Balaban J connectivity index is 1.62. The van der Waals surface area contributed by atoms with Crippen LogP contribution in [0.3, 0.4) is 0 Å². The molecule has 1 aliphatic rings. The molecule has 3 rings (SSSR count). The van der Waals surface area contributed by atoms with Crippen molar-refractivity contribution < 1.29 is 14.3 Å². The second-order valence-corrected chi connectivity index (χ2v) is 9.49. The molecule has 1 saturated carbocycles. The molecule has 0 atom stereocenters. The number of benzene rings is 2.